The highest BCUT2D eigenvalue weighted by Gasteiger charge is 2.20. The summed E-state index contributed by atoms with van der Waals surface area (Å²) in [5.41, 5.74) is 0. The molecule has 6 nitrogen and oxygen atoms in total. The molecule has 0 aromatic rings. The minimum Gasteiger partial charge on any atom is -0.469 e. The first-order valence-corrected chi connectivity index (χ1v) is 7.38. The zero-order valence-electron chi connectivity index (χ0n) is 12.3. The molecule has 116 valence electrons. The molecule has 2 amide bonds. The number of carbonyl (C=O) groups is 2. The van der Waals surface area contributed by atoms with Gasteiger partial charge in [-0.1, -0.05) is 0 Å². The van der Waals surface area contributed by atoms with Crippen molar-refractivity contribution in [3.63, 3.8) is 0 Å². The van der Waals surface area contributed by atoms with Crippen LogP contribution in [0, 0.1) is 5.92 Å². The van der Waals surface area contributed by atoms with E-state index in [0.717, 1.165) is 31.8 Å². The van der Waals surface area contributed by atoms with Crippen LogP contribution in [-0.4, -0.2) is 45.4 Å². The van der Waals surface area contributed by atoms with Gasteiger partial charge in [0.2, 0.25) is 0 Å². The Bertz CT molecular complexity index is 293. The molecule has 1 rings (SSSR count). The Balaban J connectivity index is 1.78. The molecule has 0 bridgehead atoms. The number of rotatable bonds is 11. The topological polar surface area (TPSA) is 76.7 Å². The molecule has 0 aromatic heterocycles. The normalized spacial score (nSPS) is 13.8. The molecule has 1 saturated carbocycles. The number of hydrogen-bond acceptors (Lipinski definition) is 4. The molecule has 0 aliphatic heterocycles. The van der Waals surface area contributed by atoms with Crippen molar-refractivity contribution in [2.45, 2.75) is 38.5 Å². The second-order valence-electron chi connectivity index (χ2n) is 5.09. The predicted molar refractivity (Wildman–Crippen MR) is 75.4 cm³/mol. The van der Waals surface area contributed by atoms with Crippen LogP contribution in [0.5, 0.6) is 0 Å². The van der Waals surface area contributed by atoms with E-state index in [1.807, 2.05) is 0 Å². The Kier molecular flexibility index (Phi) is 8.78. The molecule has 6 heteroatoms. The van der Waals surface area contributed by atoms with Crippen LogP contribution in [0.25, 0.3) is 0 Å². The molecule has 1 aliphatic carbocycles. The van der Waals surface area contributed by atoms with Crippen LogP contribution < -0.4 is 10.6 Å². The number of methoxy groups -OCH3 is 1. The molecule has 2 N–H and O–H groups in total. The fourth-order valence-electron chi connectivity index (χ4n) is 1.67. The highest BCUT2D eigenvalue weighted by atomic mass is 16.5. The molecular formula is C14H26N2O4. The average molecular weight is 286 g/mol. The van der Waals surface area contributed by atoms with Gasteiger partial charge in [-0.05, 0) is 38.0 Å². The molecule has 0 radical (unpaired) electrons. The minimum atomic E-state index is -0.208. The summed E-state index contributed by atoms with van der Waals surface area (Å²) in [6.45, 7) is 2.77. The van der Waals surface area contributed by atoms with Crippen LogP contribution in [0.1, 0.15) is 38.5 Å². The van der Waals surface area contributed by atoms with Gasteiger partial charge in [0.1, 0.15) is 0 Å². The minimum absolute atomic E-state index is 0.162. The fraction of sp³-hybridized carbons (Fsp3) is 0.857. The number of nitrogens with one attached hydrogen (secondary N) is 2. The number of esters is 1. The summed E-state index contributed by atoms with van der Waals surface area (Å²) in [6, 6.07) is -0.162. The van der Waals surface area contributed by atoms with Crippen LogP contribution in [-0.2, 0) is 14.3 Å². The van der Waals surface area contributed by atoms with Crippen molar-refractivity contribution in [2.75, 3.05) is 33.4 Å². The van der Waals surface area contributed by atoms with Crippen LogP contribution in [0.2, 0.25) is 0 Å². The van der Waals surface area contributed by atoms with Gasteiger partial charge in [0.15, 0.2) is 0 Å². The highest BCUT2D eigenvalue weighted by Crippen LogP contribution is 2.28. The van der Waals surface area contributed by atoms with Gasteiger partial charge in [0.05, 0.1) is 7.11 Å². The third-order valence-corrected chi connectivity index (χ3v) is 3.12. The summed E-state index contributed by atoms with van der Waals surface area (Å²) in [6.07, 6.45) is 5.34. The smallest absolute Gasteiger partial charge is 0.314 e. The summed E-state index contributed by atoms with van der Waals surface area (Å²) in [5.74, 6) is 0.580. The second kappa shape index (κ2) is 10.5. The number of amides is 2. The van der Waals surface area contributed by atoms with E-state index in [-0.39, 0.29) is 12.0 Å². The molecule has 1 fully saturated rings. The SMILES string of the molecule is COC(=O)CCCCNC(=O)NCCCOCC1CC1. The summed E-state index contributed by atoms with van der Waals surface area (Å²) in [4.78, 5) is 22.2. The van der Waals surface area contributed by atoms with Gasteiger partial charge in [0.25, 0.3) is 0 Å². The molecule has 0 heterocycles. The van der Waals surface area contributed by atoms with Crippen molar-refractivity contribution >= 4 is 12.0 Å². The summed E-state index contributed by atoms with van der Waals surface area (Å²) in [5, 5.41) is 5.53. The van der Waals surface area contributed by atoms with Gasteiger partial charge in [-0.3, -0.25) is 4.79 Å². The zero-order valence-corrected chi connectivity index (χ0v) is 12.3. The van der Waals surface area contributed by atoms with Crippen LogP contribution >= 0.6 is 0 Å². The molecule has 20 heavy (non-hydrogen) atoms. The van der Waals surface area contributed by atoms with Crippen molar-refractivity contribution < 1.29 is 19.1 Å². The number of urea groups is 1. The van der Waals surface area contributed by atoms with E-state index < -0.39 is 0 Å². The van der Waals surface area contributed by atoms with Gasteiger partial charge in [-0.25, -0.2) is 4.79 Å². The lowest BCUT2D eigenvalue weighted by Crippen LogP contribution is -2.36. The molecule has 0 aromatic carbocycles. The standard InChI is InChI=1S/C14H26N2O4/c1-19-13(17)5-2-3-8-15-14(18)16-9-4-10-20-11-12-6-7-12/h12H,2-11H2,1H3,(H2,15,16,18). The van der Waals surface area contributed by atoms with Gasteiger partial charge < -0.3 is 20.1 Å². The summed E-state index contributed by atoms with van der Waals surface area (Å²) >= 11 is 0. The number of ether oxygens (including phenoxy) is 2. The monoisotopic (exact) mass is 286 g/mol. The Morgan fingerprint density at radius 1 is 1.10 bits per heavy atom. The number of unbranched alkanes of at least 4 members (excludes halogenated alkanes) is 1. The Hall–Kier alpha value is -1.30. The van der Waals surface area contributed by atoms with E-state index in [1.54, 1.807) is 0 Å². The number of carbonyl (C=O) groups excluding carboxylic acids is 2. The first-order valence-electron chi connectivity index (χ1n) is 7.38. The molecule has 0 saturated heterocycles. The maximum Gasteiger partial charge on any atom is 0.314 e. The fourth-order valence-corrected chi connectivity index (χ4v) is 1.67. The molecule has 1 aliphatic rings. The van der Waals surface area contributed by atoms with Crippen molar-refractivity contribution in [1.29, 1.82) is 0 Å². The molecular weight excluding hydrogens is 260 g/mol. The zero-order chi connectivity index (χ0) is 14.6. The van der Waals surface area contributed by atoms with E-state index in [4.69, 9.17) is 4.74 Å². The van der Waals surface area contributed by atoms with Gasteiger partial charge in [-0.2, -0.15) is 0 Å². The molecule has 0 spiro atoms. The lowest BCUT2D eigenvalue weighted by Gasteiger charge is -2.07. The first-order chi connectivity index (χ1) is 9.72. The van der Waals surface area contributed by atoms with Crippen LogP contribution in [0.3, 0.4) is 0 Å². The second-order valence-corrected chi connectivity index (χ2v) is 5.09. The lowest BCUT2D eigenvalue weighted by atomic mass is 10.2. The van der Waals surface area contributed by atoms with E-state index >= 15 is 0 Å². The van der Waals surface area contributed by atoms with Crippen LogP contribution in [0.15, 0.2) is 0 Å². The Labute approximate surface area is 120 Å². The quantitative estimate of drug-likeness (QED) is 0.445. The highest BCUT2D eigenvalue weighted by molar-refractivity contribution is 5.73. The van der Waals surface area contributed by atoms with E-state index in [9.17, 15) is 9.59 Å². The maximum absolute atomic E-state index is 11.4. The van der Waals surface area contributed by atoms with E-state index in [2.05, 4.69) is 15.4 Å². The largest absolute Gasteiger partial charge is 0.469 e. The van der Waals surface area contributed by atoms with Crippen molar-refractivity contribution in [3.8, 4) is 0 Å². The first kappa shape index (κ1) is 16.8. The maximum atomic E-state index is 11.4. The summed E-state index contributed by atoms with van der Waals surface area (Å²) < 4.78 is 10.0. The Morgan fingerprint density at radius 3 is 2.45 bits per heavy atom. The van der Waals surface area contributed by atoms with Crippen LogP contribution in [0.4, 0.5) is 4.79 Å². The Morgan fingerprint density at radius 2 is 1.80 bits per heavy atom. The third-order valence-electron chi connectivity index (χ3n) is 3.12. The van der Waals surface area contributed by atoms with Crippen molar-refractivity contribution in [3.05, 3.63) is 0 Å². The van der Waals surface area contributed by atoms with Gasteiger partial charge in [-0.15, -0.1) is 0 Å². The van der Waals surface area contributed by atoms with Crippen molar-refractivity contribution in [1.82, 2.24) is 10.6 Å². The third kappa shape index (κ3) is 9.61. The molecule has 0 atom stereocenters. The molecule has 0 unspecified atom stereocenters. The van der Waals surface area contributed by atoms with Gasteiger partial charge >= 0.3 is 12.0 Å². The van der Waals surface area contributed by atoms with Gasteiger partial charge in [0, 0.05) is 32.7 Å². The summed E-state index contributed by atoms with van der Waals surface area (Å²) in [7, 11) is 1.38. The van der Waals surface area contributed by atoms with E-state index in [0.29, 0.717) is 26.1 Å². The predicted octanol–water partition coefficient (Wildman–Crippen LogP) is 1.45. The number of hydrogen-bond donors (Lipinski definition) is 2. The van der Waals surface area contributed by atoms with E-state index in [1.165, 1.54) is 20.0 Å². The lowest BCUT2D eigenvalue weighted by molar-refractivity contribution is -0.140. The average Bonchev–Trinajstić information content (AvgIpc) is 3.26. The van der Waals surface area contributed by atoms with Crippen molar-refractivity contribution in [2.24, 2.45) is 5.92 Å².